The highest BCUT2D eigenvalue weighted by atomic mass is 16.2. The van der Waals surface area contributed by atoms with E-state index in [9.17, 15) is 4.79 Å². The van der Waals surface area contributed by atoms with Gasteiger partial charge in [0, 0.05) is 19.6 Å². The molecule has 1 fully saturated rings. The van der Waals surface area contributed by atoms with Crippen LogP contribution in [0.25, 0.3) is 0 Å². The second-order valence-electron chi connectivity index (χ2n) is 3.24. The molecular weight excluding hydrogens is 178 g/mol. The first kappa shape index (κ1) is 13.4. The molecular formula is C10H23N3O. The minimum Gasteiger partial charge on any atom is -0.340 e. The summed E-state index contributed by atoms with van der Waals surface area (Å²) in [5.74, 6) is 0.0744. The summed E-state index contributed by atoms with van der Waals surface area (Å²) in [6.07, 6.45) is 1.06. The molecule has 14 heavy (non-hydrogen) atoms. The van der Waals surface area contributed by atoms with Crippen molar-refractivity contribution in [1.82, 2.24) is 9.80 Å². The van der Waals surface area contributed by atoms with Crippen molar-refractivity contribution in [3.05, 3.63) is 0 Å². The Balaban J connectivity index is 0.000000791. The van der Waals surface area contributed by atoms with E-state index in [1.54, 1.807) is 0 Å². The molecule has 0 aromatic rings. The molecule has 0 saturated carbocycles. The molecule has 0 atom stereocenters. The molecule has 1 rings (SSSR count). The van der Waals surface area contributed by atoms with Crippen LogP contribution in [0.3, 0.4) is 0 Å². The van der Waals surface area contributed by atoms with Gasteiger partial charge in [-0.05, 0) is 20.0 Å². The van der Waals surface area contributed by atoms with E-state index in [0.717, 1.165) is 32.6 Å². The Morgan fingerprint density at radius 2 is 1.86 bits per heavy atom. The van der Waals surface area contributed by atoms with Crippen LogP contribution < -0.4 is 5.73 Å². The van der Waals surface area contributed by atoms with Crippen molar-refractivity contribution < 1.29 is 4.79 Å². The zero-order valence-corrected chi connectivity index (χ0v) is 9.62. The molecule has 1 aliphatic rings. The lowest BCUT2D eigenvalue weighted by atomic mass is 10.4. The lowest BCUT2D eigenvalue weighted by Crippen LogP contribution is -2.38. The fourth-order valence-electron chi connectivity index (χ4n) is 1.43. The molecule has 4 heteroatoms. The largest absolute Gasteiger partial charge is 0.340 e. The second-order valence-corrected chi connectivity index (χ2v) is 3.24. The van der Waals surface area contributed by atoms with Crippen LogP contribution in [-0.4, -0.2) is 55.5 Å². The summed E-state index contributed by atoms with van der Waals surface area (Å²) < 4.78 is 0. The van der Waals surface area contributed by atoms with Gasteiger partial charge in [-0.25, -0.2) is 0 Å². The number of amides is 1. The topological polar surface area (TPSA) is 49.6 Å². The van der Waals surface area contributed by atoms with Crippen molar-refractivity contribution in [2.75, 3.05) is 39.8 Å². The summed E-state index contributed by atoms with van der Waals surface area (Å²) in [7, 11) is 2.08. The molecule has 2 N–H and O–H groups in total. The standard InChI is InChI=1S/C8H17N3O.C2H6/c1-10-3-2-4-11(6-5-10)8(12)7-9;1-2/h2-7,9H2,1H3;1-2H3. The maximum absolute atomic E-state index is 11.2. The van der Waals surface area contributed by atoms with Crippen molar-refractivity contribution in [3.8, 4) is 0 Å². The van der Waals surface area contributed by atoms with Crippen molar-refractivity contribution in [3.63, 3.8) is 0 Å². The molecule has 0 aromatic heterocycles. The smallest absolute Gasteiger partial charge is 0.236 e. The summed E-state index contributed by atoms with van der Waals surface area (Å²) >= 11 is 0. The van der Waals surface area contributed by atoms with E-state index in [1.807, 2.05) is 18.7 Å². The minimum atomic E-state index is 0.0744. The van der Waals surface area contributed by atoms with Crippen LogP contribution in [0.15, 0.2) is 0 Å². The highest BCUT2D eigenvalue weighted by Gasteiger charge is 2.15. The van der Waals surface area contributed by atoms with Crippen LogP contribution in [0, 0.1) is 0 Å². The van der Waals surface area contributed by atoms with Gasteiger partial charge in [0.05, 0.1) is 6.54 Å². The molecule has 1 saturated heterocycles. The Labute approximate surface area is 87.0 Å². The number of carbonyl (C=O) groups is 1. The molecule has 0 aromatic carbocycles. The number of hydrogen-bond donors (Lipinski definition) is 1. The van der Waals surface area contributed by atoms with Gasteiger partial charge in [0.2, 0.25) is 5.91 Å². The molecule has 1 heterocycles. The molecule has 0 unspecified atom stereocenters. The van der Waals surface area contributed by atoms with Crippen molar-refractivity contribution in [2.24, 2.45) is 5.73 Å². The Bertz CT molecular complexity index is 161. The zero-order valence-electron chi connectivity index (χ0n) is 9.62. The SMILES string of the molecule is CC.CN1CCCN(C(=O)CN)CC1. The summed E-state index contributed by atoms with van der Waals surface area (Å²) in [4.78, 5) is 15.3. The number of rotatable bonds is 1. The van der Waals surface area contributed by atoms with Gasteiger partial charge in [-0.3, -0.25) is 4.79 Å². The molecule has 84 valence electrons. The van der Waals surface area contributed by atoms with Crippen LogP contribution in [0.1, 0.15) is 20.3 Å². The number of carbonyl (C=O) groups excluding carboxylic acids is 1. The molecule has 0 radical (unpaired) electrons. The van der Waals surface area contributed by atoms with Crippen molar-refractivity contribution in [1.29, 1.82) is 0 Å². The van der Waals surface area contributed by atoms with Crippen molar-refractivity contribution >= 4 is 5.91 Å². The van der Waals surface area contributed by atoms with E-state index >= 15 is 0 Å². The third-order valence-corrected chi connectivity index (χ3v) is 2.25. The Kier molecular flexibility index (Phi) is 7.42. The maximum Gasteiger partial charge on any atom is 0.236 e. The molecule has 1 amide bonds. The van der Waals surface area contributed by atoms with Gasteiger partial charge in [-0.15, -0.1) is 0 Å². The summed E-state index contributed by atoms with van der Waals surface area (Å²) in [5, 5.41) is 0. The van der Waals surface area contributed by atoms with Crippen LogP contribution in [0.4, 0.5) is 0 Å². The highest BCUT2D eigenvalue weighted by molar-refractivity contribution is 5.78. The number of hydrogen-bond acceptors (Lipinski definition) is 3. The fourth-order valence-corrected chi connectivity index (χ4v) is 1.43. The summed E-state index contributed by atoms with van der Waals surface area (Å²) in [6, 6.07) is 0. The van der Waals surface area contributed by atoms with Gasteiger partial charge in [0.1, 0.15) is 0 Å². The van der Waals surface area contributed by atoms with E-state index < -0.39 is 0 Å². The third-order valence-electron chi connectivity index (χ3n) is 2.25. The second kappa shape index (κ2) is 7.76. The van der Waals surface area contributed by atoms with Crippen LogP contribution in [0.2, 0.25) is 0 Å². The normalized spacial score (nSPS) is 18.1. The van der Waals surface area contributed by atoms with E-state index in [0.29, 0.717) is 0 Å². The summed E-state index contributed by atoms with van der Waals surface area (Å²) in [6.45, 7) is 7.87. The lowest BCUT2D eigenvalue weighted by Gasteiger charge is -2.19. The Hall–Kier alpha value is -0.610. The van der Waals surface area contributed by atoms with Gasteiger partial charge in [0.15, 0.2) is 0 Å². The molecule has 0 bridgehead atoms. The average molecular weight is 201 g/mol. The third kappa shape index (κ3) is 4.58. The molecule has 4 nitrogen and oxygen atoms in total. The van der Waals surface area contributed by atoms with Crippen LogP contribution in [-0.2, 0) is 4.79 Å². The molecule has 0 spiro atoms. The number of nitrogens with zero attached hydrogens (tertiary/aromatic N) is 2. The predicted molar refractivity (Wildman–Crippen MR) is 59.1 cm³/mol. The number of nitrogens with two attached hydrogens (primary N) is 1. The molecule has 1 aliphatic heterocycles. The van der Waals surface area contributed by atoms with Gasteiger partial charge in [0.25, 0.3) is 0 Å². The summed E-state index contributed by atoms with van der Waals surface area (Å²) in [5.41, 5.74) is 5.28. The monoisotopic (exact) mass is 201 g/mol. The quantitative estimate of drug-likeness (QED) is 0.656. The van der Waals surface area contributed by atoms with E-state index in [4.69, 9.17) is 5.73 Å². The first-order valence-corrected chi connectivity index (χ1v) is 5.40. The fraction of sp³-hybridized carbons (Fsp3) is 0.900. The van der Waals surface area contributed by atoms with Gasteiger partial charge in [-0.1, -0.05) is 13.8 Å². The van der Waals surface area contributed by atoms with Crippen molar-refractivity contribution in [2.45, 2.75) is 20.3 Å². The highest BCUT2D eigenvalue weighted by Crippen LogP contribution is 2.00. The van der Waals surface area contributed by atoms with Crippen LogP contribution >= 0.6 is 0 Å². The first-order valence-electron chi connectivity index (χ1n) is 5.40. The van der Waals surface area contributed by atoms with E-state index in [-0.39, 0.29) is 12.5 Å². The Morgan fingerprint density at radius 3 is 2.43 bits per heavy atom. The van der Waals surface area contributed by atoms with Crippen LogP contribution in [0.5, 0.6) is 0 Å². The van der Waals surface area contributed by atoms with Gasteiger partial charge >= 0.3 is 0 Å². The Morgan fingerprint density at radius 1 is 1.21 bits per heavy atom. The average Bonchev–Trinajstić information content (AvgIpc) is 2.45. The van der Waals surface area contributed by atoms with E-state index in [2.05, 4.69) is 11.9 Å². The molecule has 0 aliphatic carbocycles. The first-order chi connectivity index (χ1) is 6.74. The van der Waals surface area contributed by atoms with E-state index in [1.165, 1.54) is 0 Å². The van der Waals surface area contributed by atoms with Gasteiger partial charge < -0.3 is 15.5 Å². The van der Waals surface area contributed by atoms with Gasteiger partial charge in [-0.2, -0.15) is 0 Å². The minimum absolute atomic E-state index is 0.0744. The predicted octanol–water partition coefficient (Wildman–Crippen LogP) is 0.135. The number of likely N-dealkylation sites (N-methyl/N-ethyl adjacent to an activating group) is 1. The zero-order chi connectivity index (χ0) is 11.0. The lowest BCUT2D eigenvalue weighted by molar-refractivity contribution is -0.129. The maximum atomic E-state index is 11.2.